The standard InChI is InChI=1S/C13H26N2O/c1-11-9-15(2)7-5-13(11)14-6-8-16-10-12-3-4-12/h11-14H,3-10H2,1-2H3. The van der Waals surface area contributed by atoms with Gasteiger partial charge < -0.3 is 15.0 Å². The third kappa shape index (κ3) is 4.04. The Labute approximate surface area is 99.5 Å². The second kappa shape index (κ2) is 5.99. The highest BCUT2D eigenvalue weighted by Crippen LogP contribution is 2.28. The van der Waals surface area contributed by atoms with Gasteiger partial charge in [0.15, 0.2) is 0 Å². The molecule has 94 valence electrons. The zero-order chi connectivity index (χ0) is 11.4. The van der Waals surface area contributed by atoms with Gasteiger partial charge in [0, 0.05) is 25.7 Å². The Morgan fingerprint density at radius 1 is 1.31 bits per heavy atom. The van der Waals surface area contributed by atoms with Crippen molar-refractivity contribution >= 4 is 0 Å². The monoisotopic (exact) mass is 226 g/mol. The normalized spacial score (nSPS) is 31.9. The Balaban J connectivity index is 1.51. The smallest absolute Gasteiger partial charge is 0.0591 e. The molecule has 0 spiro atoms. The summed E-state index contributed by atoms with van der Waals surface area (Å²) in [5.41, 5.74) is 0. The summed E-state index contributed by atoms with van der Waals surface area (Å²) in [5.74, 6) is 1.66. The molecule has 1 saturated heterocycles. The van der Waals surface area contributed by atoms with Crippen LogP contribution < -0.4 is 5.32 Å². The molecule has 0 aromatic rings. The van der Waals surface area contributed by atoms with E-state index in [0.717, 1.165) is 31.6 Å². The highest BCUT2D eigenvalue weighted by molar-refractivity contribution is 4.81. The van der Waals surface area contributed by atoms with Gasteiger partial charge in [0.05, 0.1) is 6.61 Å². The van der Waals surface area contributed by atoms with E-state index in [9.17, 15) is 0 Å². The van der Waals surface area contributed by atoms with Gasteiger partial charge in [-0.3, -0.25) is 0 Å². The van der Waals surface area contributed by atoms with Gasteiger partial charge >= 0.3 is 0 Å². The predicted molar refractivity (Wildman–Crippen MR) is 66.6 cm³/mol. The lowest BCUT2D eigenvalue weighted by atomic mass is 9.94. The molecule has 3 heteroatoms. The minimum atomic E-state index is 0.695. The van der Waals surface area contributed by atoms with Crippen LogP contribution in [0.5, 0.6) is 0 Å². The number of piperidine rings is 1. The number of rotatable bonds is 6. The van der Waals surface area contributed by atoms with E-state index in [0.29, 0.717) is 6.04 Å². The minimum Gasteiger partial charge on any atom is -0.380 e. The van der Waals surface area contributed by atoms with E-state index in [4.69, 9.17) is 4.74 Å². The Morgan fingerprint density at radius 3 is 2.81 bits per heavy atom. The van der Waals surface area contributed by atoms with Gasteiger partial charge in [0.1, 0.15) is 0 Å². The summed E-state index contributed by atoms with van der Waals surface area (Å²) in [7, 11) is 2.21. The van der Waals surface area contributed by atoms with Crippen molar-refractivity contribution in [2.24, 2.45) is 11.8 Å². The predicted octanol–water partition coefficient (Wildman–Crippen LogP) is 1.34. The molecule has 0 radical (unpaired) electrons. The topological polar surface area (TPSA) is 24.5 Å². The molecule has 2 rings (SSSR count). The van der Waals surface area contributed by atoms with Crippen molar-refractivity contribution in [3.63, 3.8) is 0 Å². The molecule has 2 unspecified atom stereocenters. The number of likely N-dealkylation sites (tertiary alicyclic amines) is 1. The maximum Gasteiger partial charge on any atom is 0.0591 e. The molecular formula is C13H26N2O. The fourth-order valence-corrected chi connectivity index (χ4v) is 2.51. The zero-order valence-corrected chi connectivity index (χ0v) is 10.7. The minimum absolute atomic E-state index is 0.695. The maximum atomic E-state index is 5.63. The quantitative estimate of drug-likeness (QED) is 0.692. The molecule has 0 aromatic heterocycles. The van der Waals surface area contributed by atoms with Crippen LogP contribution in [0.25, 0.3) is 0 Å². The van der Waals surface area contributed by atoms with Crippen LogP contribution in [0.15, 0.2) is 0 Å². The summed E-state index contributed by atoms with van der Waals surface area (Å²) < 4.78 is 5.63. The van der Waals surface area contributed by atoms with Gasteiger partial charge in [0.2, 0.25) is 0 Å². The summed E-state index contributed by atoms with van der Waals surface area (Å²) in [6.45, 7) is 7.69. The molecule has 1 saturated carbocycles. The summed E-state index contributed by atoms with van der Waals surface area (Å²) in [6, 6.07) is 0.695. The van der Waals surface area contributed by atoms with E-state index >= 15 is 0 Å². The van der Waals surface area contributed by atoms with Crippen LogP contribution in [0.2, 0.25) is 0 Å². The SMILES string of the molecule is CC1CN(C)CCC1NCCOCC1CC1. The maximum absolute atomic E-state index is 5.63. The van der Waals surface area contributed by atoms with Crippen molar-refractivity contribution in [3.05, 3.63) is 0 Å². The molecular weight excluding hydrogens is 200 g/mol. The number of nitrogens with zero attached hydrogens (tertiary/aromatic N) is 1. The van der Waals surface area contributed by atoms with E-state index in [1.165, 1.54) is 32.4 Å². The lowest BCUT2D eigenvalue weighted by Gasteiger charge is -2.35. The van der Waals surface area contributed by atoms with Crippen molar-refractivity contribution < 1.29 is 4.74 Å². The fourth-order valence-electron chi connectivity index (χ4n) is 2.51. The van der Waals surface area contributed by atoms with Gasteiger partial charge in [0.25, 0.3) is 0 Å². The van der Waals surface area contributed by atoms with Crippen LogP contribution in [0, 0.1) is 11.8 Å². The van der Waals surface area contributed by atoms with Gasteiger partial charge in [-0.1, -0.05) is 6.92 Å². The molecule has 2 aliphatic rings. The highest BCUT2D eigenvalue weighted by atomic mass is 16.5. The lowest BCUT2D eigenvalue weighted by Crippen LogP contribution is -2.47. The van der Waals surface area contributed by atoms with Crippen molar-refractivity contribution in [1.29, 1.82) is 0 Å². The summed E-state index contributed by atoms with van der Waals surface area (Å²) in [6.07, 6.45) is 4.05. The van der Waals surface area contributed by atoms with Crippen LogP contribution in [0.1, 0.15) is 26.2 Å². The summed E-state index contributed by atoms with van der Waals surface area (Å²) in [4.78, 5) is 2.42. The molecule has 2 fully saturated rings. The first-order valence-electron chi connectivity index (χ1n) is 6.75. The molecule has 3 nitrogen and oxygen atoms in total. The number of hydrogen-bond donors (Lipinski definition) is 1. The largest absolute Gasteiger partial charge is 0.380 e. The Hall–Kier alpha value is -0.120. The van der Waals surface area contributed by atoms with Crippen molar-refractivity contribution in [2.45, 2.75) is 32.2 Å². The van der Waals surface area contributed by atoms with E-state index in [1.807, 2.05) is 0 Å². The molecule has 1 aliphatic heterocycles. The first-order valence-corrected chi connectivity index (χ1v) is 6.75. The fraction of sp³-hybridized carbons (Fsp3) is 1.00. The average molecular weight is 226 g/mol. The van der Waals surface area contributed by atoms with Gasteiger partial charge in [-0.2, -0.15) is 0 Å². The third-order valence-corrected chi connectivity index (χ3v) is 3.81. The Morgan fingerprint density at radius 2 is 2.12 bits per heavy atom. The highest BCUT2D eigenvalue weighted by Gasteiger charge is 2.23. The van der Waals surface area contributed by atoms with Crippen LogP contribution in [-0.2, 0) is 4.74 Å². The first-order chi connectivity index (χ1) is 7.75. The van der Waals surface area contributed by atoms with E-state index < -0.39 is 0 Å². The van der Waals surface area contributed by atoms with Gasteiger partial charge in [-0.25, -0.2) is 0 Å². The van der Waals surface area contributed by atoms with Crippen LogP contribution >= 0.6 is 0 Å². The Bertz CT molecular complexity index is 206. The molecule has 0 bridgehead atoms. The molecule has 2 atom stereocenters. The first kappa shape index (κ1) is 12.3. The third-order valence-electron chi connectivity index (χ3n) is 3.81. The molecule has 16 heavy (non-hydrogen) atoms. The zero-order valence-electron chi connectivity index (χ0n) is 10.7. The van der Waals surface area contributed by atoms with Crippen molar-refractivity contribution in [3.8, 4) is 0 Å². The lowest BCUT2D eigenvalue weighted by molar-refractivity contribution is 0.114. The van der Waals surface area contributed by atoms with Gasteiger partial charge in [-0.05, 0) is 44.7 Å². The summed E-state index contributed by atoms with van der Waals surface area (Å²) >= 11 is 0. The molecule has 1 heterocycles. The van der Waals surface area contributed by atoms with E-state index in [-0.39, 0.29) is 0 Å². The molecule has 1 aliphatic carbocycles. The molecule has 0 amide bonds. The summed E-state index contributed by atoms with van der Waals surface area (Å²) in [5, 5.41) is 3.63. The van der Waals surface area contributed by atoms with Crippen LogP contribution in [0.3, 0.4) is 0 Å². The van der Waals surface area contributed by atoms with Gasteiger partial charge in [-0.15, -0.1) is 0 Å². The van der Waals surface area contributed by atoms with Crippen LogP contribution in [-0.4, -0.2) is 50.8 Å². The Kier molecular flexibility index (Phi) is 4.62. The van der Waals surface area contributed by atoms with Crippen LogP contribution in [0.4, 0.5) is 0 Å². The average Bonchev–Trinajstić information content (AvgIpc) is 3.04. The van der Waals surface area contributed by atoms with Crippen molar-refractivity contribution in [1.82, 2.24) is 10.2 Å². The van der Waals surface area contributed by atoms with E-state index in [1.54, 1.807) is 0 Å². The number of ether oxygens (including phenoxy) is 1. The second-order valence-corrected chi connectivity index (χ2v) is 5.61. The number of nitrogens with one attached hydrogen (secondary N) is 1. The number of hydrogen-bond acceptors (Lipinski definition) is 3. The van der Waals surface area contributed by atoms with E-state index in [2.05, 4.69) is 24.2 Å². The second-order valence-electron chi connectivity index (χ2n) is 5.61. The molecule has 1 N–H and O–H groups in total. The van der Waals surface area contributed by atoms with Crippen molar-refractivity contribution in [2.75, 3.05) is 39.9 Å². The molecule has 0 aromatic carbocycles.